The van der Waals surface area contributed by atoms with Crippen LogP contribution in [0.3, 0.4) is 0 Å². The Morgan fingerprint density at radius 3 is 2.40 bits per heavy atom. The summed E-state index contributed by atoms with van der Waals surface area (Å²) in [5, 5.41) is 5.10. The van der Waals surface area contributed by atoms with Gasteiger partial charge in [0.2, 0.25) is 0 Å². The maximum atomic E-state index is 13.1. The monoisotopic (exact) mass is 464 g/mol. The van der Waals surface area contributed by atoms with Crippen molar-refractivity contribution in [3.63, 3.8) is 0 Å². The lowest BCUT2D eigenvalue weighted by molar-refractivity contribution is -0.0583. The average molecular weight is 466 g/mol. The number of benzene rings is 2. The molecule has 156 valence electrons. The van der Waals surface area contributed by atoms with Crippen LogP contribution in [-0.4, -0.2) is 59.2 Å². The van der Waals surface area contributed by atoms with Gasteiger partial charge in [0.1, 0.15) is 0 Å². The Labute approximate surface area is 189 Å². The number of nitrogens with one attached hydrogen (secondary N) is 1. The third-order valence-electron chi connectivity index (χ3n) is 4.93. The van der Waals surface area contributed by atoms with Crippen LogP contribution in [0.1, 0.15) is 10.6 Å². The first-order chi connectivity index (χ1) is 14.4. The van der Waals surface area contributed by atoms with E-state index in [0.717, 1.165) is 5.56 Å². The zero-order chi connectivity index (χ0) is 21.3. The van der Waals surface area contributed by atoms with Crippen molar-refractivity contribution in [1.82, 2.24) is 20.0 Å². The first-order valence-electron chi connectivity index (χ1n) is 9.36. The van der Waals surface area contributed by atoms with Crippen LogP contribution in [-0.2, 0) is 4.74 Å². The minimum atomic E-state index is -0.247. The first-order valence-corrected chi connectivity index (χ1v) is 10.5. The van der Waals surface area contributed by atoms with E-state index in [1.165, 1.54) is 0 Å². The Morgan fingerprint density at radius 2 is 1.73 bits per heavy atom. The Hall–Kier alpha value is -2.09. The Bertz CT molecular complexity index is 1060. The summed E-state index contributed by atoms with van der Waals surface area (Å²) in [5.74, 6) is -0.0293. The van der Waals surface area contributed by atoms with Crippen LogP contribution in [0.15, 0.2) is 42.5 Å². The van der Waals surface area contributed by atoms with Crippen LogP contribution in [0.25, 0.3) is 22.5 Å². The third kappa shape index (κ3) is 4.33. The molecule has 2 heterocycles. The number of nitrogens with zero attached hydrogens (tertiary/aromatic N) is 3. The van der Waals surface area contributed by atoms with E-state index in [9.17, 15) is 4.79 Å². The molecule has 0 spiro atoms. The van der Waals surface area contributed by atoms with Crippen LogP contribution in [0, 0.1) is 0 Å². The van der Waals surface area contributed by atoms with Gasteiger partial charge in [-0.25, -0.2) is 9.99 Å². The van der Waals surface area contributed by atoms with E-state index in [-0.39, 0.29) is 11.7 Å². The number of ether oxygens (including phenoxy) is 1. The minimum Gasteiger partial charge on any atom is -0.379 e. The molecule has 0 unspecified atom stereocenters. The highest BCUT2D eigenvalue weighted by atomic mass is 35.5. The van der Waals surface area contributed by atoms with Gasteiger partial charge in [-0.1, -0.05) is 46.9 Å². The van der Waals surface area contributed by atoms with Crippen molar-refractivity contribution in [3.05, 3.63) is 63.4 Å². The normalized spacial score (nSPS) is 14.7. The molecule has 0 aliphatic carbocycles. The van der Waals surface area contributed by atoms with Gasteiger partial charge in [-0.05, 0) is 30.3 Å². The molecule has 0 atom stereocenters. The standard InChI is InChI=1S/C21H19Cl3N4O2/c1-27(28-8-10-30-11-9-28)21(29)20-25-18(13-2-4-14(22)5-3-13)19(26-20)16-7-6-15(23)12-17(16)24/h2-7,12H,8-11H2,1H3,(H,25,26). The summed E-state index contributed by atoms with van der Waals surface area (Å²) in [6, 6.07) is 12.5. The summed E-state index contributed by atoms with van der Waals surface area (Å²) < 4.78 is 5.37. The van der Waals surface area contributed by atoms with Crippen molar-refractivity contribution in [2.75, 3.05) is 33.4 Å². The number of amides is 1. The van der Waals surface area contributed by atoms with Gasteiger partial charge >= 0.3 is 5.91 Å². The number of morpholine rings is 1. The molecular weight excluding hydrogens is 447 g/mol. The predicted octanol–water partition coefficient (Wildman–Crippen LogP) is 5.02. The molecule has 1 saturated heterocycles. The number of hydrogen-bond donors (Lipinski definition) is 1. The molecule has 0 saturated carbocycles. The van der Waals surface area contributed by atoms with Gasteiger partial charge in [0.15, 0.2) is 5.82 Å². The quantitative estimate of drug-likeness (QED) is 0.587. The third-order valence-corrected chi connectivity index (χ3v) is 5.73. The SMILES string of the molecule is CN(C(=O)c1nc(-c2ccc(Cl)cc2Cl)c(-c2ccc(Cl)cc2)[nH]1)N1CCOCC1. The summed E-state index contributed by atoms with van der Waals surface area (Å²) in [4.78, 5) is 20.9. The van der Waals surface area contributed by atoms with Gasteiger partial charge in [0, 0.05) is 41.3 Å². The number of halogens is 3. The number of carbonyl (C=O) groups is 1. The summed E-state index contributed by atoms with van der Waals surface area (Å²) in [6.45, 7) is 2.45. The van der Waals surface area contributed by atoms with Crippen molar-refractivity contribution in [3.8, 4) is 22.5 Å². The van der Waals surface area contributed by atoms with E-state index in [1.54, 1.807) is 42.4 Å². The molecule has 30 heavy (non-hydrogen) atoms. The summed E-state index contributed by atoms with van der Waals surface area (Å²) in [7, 11) is 1.73. The number of aromatic nitrogens is 2. The van der Waals surface area contributed by atoms with Crippen molar-refractivity contribution in [2.45, 2.75) is 0 Å². The minimum absolute atomic E-state index is 0.218. The highest BCUT2D eigenvalue weighted by molar-refractivity contribution is 6.36. The van der Waals surface area contributed by atoms with E-state index in [2.05, 4.69) is 9.97 Å². The van der Waals surface area contributed by atoms with Gasteiger partial charge in [-0.3, -0.25) is 9.80 Å². The largest absolute Gasteiger partial charge is 0.379 e. The molecule has 1 aromatic heterocycles. The molecule has 2 aromatic carbocycles. The number of aromatic amines is 1. The second kappa shape index (κ2) is 8.96. The topological polar surface area (TPSA) is 61.5 Å². The maximum absolute atomic E-state index is 13.1. The molecule has 9 heteroatoms. The number of carbonyl (C=O) groups excluding carboxylic acids is 1. The Morgan fingerprint density at radius 1 is 1.07 bits per heavy atom. The number of imidazole rings is 1. The fourth-order valence-electron chi connectivity index (χ4n) is 3.31. The van der Waals surface area contributed by atoms with Gasteiger partial charge in [-0.2, -0.15) is 0 Å². The van der Waals surface area contributed by atoms with Crippen molar-refractivity contribution >= 4 is 40.7 Å². The molecular formula is C21H19Cl3N4O2. The zero-order valence-corrected chi connectivity index (χ0v) is 18.4. The lowest BCUT2D eigenvalue weighted by Crippen LogP contribution is -2.49. The molecule has 1 aliphatic heterocycles. The number of H-pyrrole nitrogens is 1. The van der Waals surface area contributed by atoms with Crippen LogP contribution in [0.5, 0.6) is 0 Å². The number of hydrogen-bond acceptors (Lipinski definition) is 4. The summed E-state index contributed by atoms with van der Waals surface area (Å²) in [6.07, 6.45) is 0. The maximum Gasteiger partial charge on any atom is 0.303 e. The summed E-state index contributed by atoms with van der Waals surface area (Å²) >= 11 is 18.5. The number of hydrazine groups is 1. The van der Waals surface area contributed by atoms with E-state index in [0.29, 0.717) is 58.3 Å². The fraction of sp³-hybridized carbons (Fsp3) is 0.238. The zero-order valence-electron chi connectivity index (χ0n) is 16.2. The van der Waals surface area contributed by atoms with E-state index in [4.69, 9.17) is 39.5 Å². The highest BCUT2D eigenvalue weighted by Crippen LogP contribution is 2.36. The molecule has 3 aromatic rings. The second-order valence-corrected chi connectivity index (χ2v) is 8.11. The predicted molar refractivity (Wildman–Crippen MR) is 119 cm³/mol. The Kier molecular flexibility index (Phi) is 6.32. The smallest absolute Gasteiger partial charge is 0.303 e. The lowest BCUT2D eigenvalue weighted by Gasteiger charge is -2.33. The van der Waals surface area contributed by atoms with E-state index < -0.39 is 0 Å². The van der Waals surface area contributed by atoms with Crippen LogP contribution in [0.4, 0.5) is 0 Å². The second-order valence-electron chi connectivity index (χ2n) is 6.83. The Balaban J connectivity index is 1.77. The highest BCUT2D eigenvalue weighted by Gasteiger charge is 2.26. The van der Waals surface area contributed by atoms with Gasteiger partial charge < -0.3 is 9.72 Å². The fourth-order valence-corrected chi connectivity index (χ4v) is 3.94. The van der Waals surface area contributed by atoms with Gasteiger partial charge in [0.05, 0.1) is 29.6 Å². The van der Waals surface area contributed by atoms with Gasteiger partial charge in [0.25, 0.3) is 0 Å². The van der Waals surface area contributed by atoms with E-state index >= 15 is 0 Å². The molecule has 1 amide bonds. The number of rotatable bonds is 4. The van der Waals surface area contributed by atoms with Crippen LogP contribution < -0.4 is 0 Å². The molecule has 1 aliphatic rings. The average Bonchev–Trinajstić information content (AvgIpc) is 3.19. The van der Waals surface area contributed by atoms with Gasteiger partial charge in [-0.15, -0.1) is 0 Å². The molecule has 4 rings (SSSR count). The molecule has 0 bridgehead atoms. The van der Waals surface area contributed by atoms with Crippen LogP contribution >= 0.6 is 34.8 Å². The van der Waals surface area contributed by atoms with Crippen molar-refractivity contribution in [2.24, 2.45) is 0 Å². The molecule has 1 fully saturated rings. The first kappa shape index (κ1) is 21.2. The van der Waals surface area contributed by atoms with E-state index in [1.807, 2.05) is 17.1 Å². The molecule has 0 radical (unpaired) electrons. The molecule has 6 nitrogen and oxygen atoms in total. The van der Waals surface area contributed by atoms with Crippen molar-refractivity contribution in [1.29, 1.82) is 0 Å². The van der Waals surface area contributed by atoms with Crippen LogP contribution in [0.2, 0.25) is 15.1 Å². The molecule has 1 N–H and O–H groups in total. The summed E-state index contributed by atoms with van der Waals surface area (Å²) in [5.41, 5.74) is 2.75. The van der Waals surface area contributed by atoms with Crippen molar-refractivity contribution < 1.29 is 9.53 Å². The lowest BCUT2D eigenvalue weighted by atomic mass is 10.1.